The van der Waals surface area contributed by atoms with Crippen LogP contribution in [0.5, 0.6) is 23.0 Å². The summed E-state index contributed by atoms with van der Waals surface area (Å²) in [6.07, 6.45) is 20.1. The van der Waals surface area contributed by atoms with E-state index in [1.165, 1.54) is 0 Å². The highest BCUT2D eigenvalue weighted by Crippen LogP contribution is 2.34. The molecule has 8 nitrogen and oxygen atoms in total. The number of hydrogen-bond donors (Lipinski definition) is 2. The van der Waals surface area contributed by atoms with Crippen molar-refractivity contribution in [3.8, 4) is 23.0 Å². The predicted molar refractivity (Wildman–Crippen MR) is 211 cm³/mol. The van der Waals surface area contributed by atoms with Gasteiger partial charge in [0.1, 0.15) is 23.0 Å². The summed E-state index contributed by atoms with van der Waals surface area (Å²) in [6, 6.07) is 30.6. The van der Waals surface area contributed by atoms with E-state index in [0.717, 1.165) is 67.9 Å². The van der Waals surface area contributed by atoms with Crippen LogP contribution in [0.25, 0.3) is 11.1 Å². The summed E-state index contributed by atoms with van der Waals surface area (Å²) >= 11 is 0. The Kier molecular flexibility index (Phi) is 7.59. The number of nitrogen functional groups attached to an aromatic ring is 2. The molecule has 0 saturated heterocycles. The molecule has 248 valence electrons. The Hall–Kier alpha value is -7.32. The van der Waals surface area contributed by atoms with Crippen LogP contribution < -0.4 is 20.9 Å². The standard InChI is InChI=1S/C44H30N6O2/c45-29-5-17-37(18-6-29)51-35-13-1-27(2-14-35)43-39-21-9-31(47-39)25-33-11-23-41(49-33)44(42-24-12-34(50-42)26-32-10-22-40(43)48-32)28-3-15-36(16-4-28)52-38-19-7-30(46)8-20-38/h1-26H,45-46H2. The highest BCUT2D eigenvalue weighted by atomic mass is 16.5. The molecule has 0 unspecified atom stereocenters. The zero-order valence-corrected chi connectivity index (χ0v) is 27.8. The molecular formula is C44H30N6O2. The maximum absolute atomic E-state index is 6.05. The summed E-state index contributed by atoms with van der Waals surface area (Å²) in [5, 5.41) is 0. The number of aliphatic imine (C=N–C) groups is 4. The molecule has 0 radical (unpaired) electrons. The fourth-order valence-electron chi connectivity index (χ4n) is 6.27. The van der Waals surface area contributed by atoms with Crippen molar-refractivity contribution in [1.82, 2.24) is 0 Å². The van der Waals surface area contributed by atoms with Crippen LogP contribution >= 0.6 is 0 Å². The molecule has 8 heteroatoms. The van der Waals surface area contributed by atoms with Gasteiger partial charge in [-0.15, -0.1) is 0 Å². The molecule has 0 atom stereocenters. The van der Waals surface area contributed by atoms with Crippen LogP contribution in [0.15, 0.2) is 201 Å². The summed E-state index contributed by atoms with van der Waals surface area (Å²) in [7, 11) is 0. The van der Waals surface area contributed by atoms with Gasteiger partial charge in [-0.05, 0) is 145 Å². The molecule has 5 aliphatic heterocycles. The van der Waals surface area contributed by atoms with E-state index in [1.54, 1.807) is 0 Å². The number of hydrogen-bond acceptors (Lipinski definition) is 8. The molecule has 0 spiro atoms. The lowest BCUT2D eigenvalue weighted by molar-refractivity contribution is 0.482. The zero-order valence-electron chi connectivity index (χ0n) is 27.8. The molecular weight excluding hydrogens is 645 g/mol. The lowest BCUT2D eigenvalue weighted by atomic mass is 9.98. The largest absolute Gasteiger partial charge is 0.457 e. The average Bonchev–Trinajstić information content (AvgIpc) is 3.99. The number of benzene rings is 4. The Morgan fingerprint density at radius 1 is 0.365 bits per heavy atom. The van der Waals surface area contributed by atoms with Gasteiger partial charge in [0.05, 0.1) is 45.6 Å². The molecule has 5 aliphatic rings. The minimum atomic E-state index is 0.688. The van der Waals surface area contributed by atoms with E-state index < -0.39 is 0 Å². The quantitative estimate of drug-likeness (QED) is 0.198. The van der Waals surface area contributed by atoms with Crippen LogP contribution in [0.4, 0.5) is 11.4 Å². The Balaban J connectivity index is 1.07. The number of nitrogens with zero attached hydrogens (tertiary/aromatic N) is 4. The fraction of sp³-hybridized carbons (Fsp3) is 0. The predicted octanol–water partition coefficient (Wildman–Crippen LogP) is 9.38. The van der Waals surface area contributed by atoms with E-state index in [-0.39, 0.29) is 0 Å². The smallest absolute Gasteiger partial charge is 0.127 e. The molecule has 8 bridgehead atoms. The van der Waals surface area contributed by atoms with Crippen LogP contribution in [0.1, 0.15) is 11.1 Å². The second-order valence-corrected chi connectivity index (χ2v) is 12.5. The van der Waals surface area contributed by atoms with Crippen molar-refractivity contribution in [3.63, 3.8) is 0 Å². The number of anilines is 2. The van der Waals surface area contributed by atoms with E-state index in [2.05, 4.69) is 0 Å². The van der Waals surface area contributed by atoms with Crippen LogP contribution in [-0.2, 0) is 0 Å². The molecule has 0 saturated carbocycles. The normalized spacial score (nSPS) is 16.8. The highest BCUT2D eigenvalue weighted by Gasteiger charge is 2.22. The van der Waals surface area contributed by atoms with E-state index in [9.17, 15) is 0 Å². The van der Waals surface area contributed by atoms with Crippen molar-refractivity contribution >= 4 is 45.4 Å². The van der Waals surface area contributed by atoms with Crippen molar-refractivity contribution in [3.05, 3.63) is 192 Å². The Bertz CT molecular complexity index is 2340. The zero-order chi connectivity index (χ0) is 35.0. The van der Waals surface area contributed by atoms with Gasteiger partial charge < -0.3 is 20.9 Å². The molecule has 5 heterocycles. The van der Waals surface area contributed by atoms with E-state index in [1.807, 2.05) is 158 Å². The highest BCUT2D eigenvalue weighted by molar-refractivity contribution is 6.34. The summed E-state index contributed by atoms with van der Waals surface area (Å²) in [5.41, 5.74) is 23.2. The molecule has 4 aromatic carbocycles. The van der Waals surface area contributed by atoms with Crippen molar-refractivity contribution in [1.29, 1.82) is 0 Å². The number of nitrogens with two attached hydrogens (primary N) is 2. The number of ether oxygens (including phenoxy) is 2. The van der Waals surface area contributed by atoms with Gasteiger partial charge in [-0.3, -0.25) is 0 Å². The lowest BCUT2D eigenvalue weighted by Gasteiger charge is -2.11. The van der Waals surface area contributed by atoms with E-state index >= 15 is 0 Å². The Labute approximate surface area is 300 Å². The van der Waals surface area contributed by atoms with Crippen molar-refractivity contribution < 1.29 is 9.47 Å². The summed E-state index contributed by atoms with van der Waals surface area (Å²) in [5.74, 6) is 2.86. The molecule has 0 fully saturated rings. The minimum absolute atomic E-state index is 0.688. The SMILES string of the molecule is Nc1ccc(Oc2ccc(C3=C4C=CC(=N4)C=C4C=CC(=N4)C(c4ccc(Oc5ccc(N)cc5)cc4)=C4C=CC(=N4)C=C4C=CC3=N4)cc2)cc1. The topological polar surface area (TPSA) is 120 Å². The van der Waals surface area contributed by atoms with Gasteiger partial charge in [0.2, 0.25) is 0 Å². The number of allylic oxidation sites excluding steroid dienone is 12. The second-order valence-electron chi connectivity index (χ2n) is 12.5. The average molecular weight is 675 g/mol. The van der Waals surface area contributed by atoms with Crippen LogP contribution in [0.2, 0.25) is 0 Å². The van der Waals surface area contributed by atoms with Gasteiger partial charge in [0, 0.05) is 22.5 Å². The first-order chi connectivity index (χ1) is 25.5. The van der Waals surface area contributed by atoms with Crippen LogP contribution in [0.3, 0.4) is 0 Å². The molecule has 0 aliphatic carbocycles. The van der Waals surface area contributed by atoms with Gasteiger partial charge in [-0.2, -0.15) is 0 Å². The molecule has 4 N–H and O–H groups in total. The first kappa shape index (κ1) is 30.7. The van der Waals surface area contributed by atoms with Crippen molar-refractivity contribution in [2.45, 2.75) is 0 Å². The maximum Gasteiger partial charge on any atom is 0.127 e. The lowest BCUT2D eigenvalue weighted by Crippen LogP contribution is -2.00. The van der Waals surface area contributed by atoms with Crippen LogP contribution in [-0.4, -0.2) is 22.8 Å². The van der Waals surface area contributed by atoms with Gasteiger partial charge in [-0.25, -0.2) is 20.0 Å². The van der Waals surface area contributed by atoms with E-state index in [4.69, 9.17) is 40.9 Å². The number of rotatable bonds is 6. The van der Waals surface area contributed by atoms with Crippen LogP contribution in [0, 0.1) is 0 Å². The Morgan fingerprint density at radius 3 is 1.12 bits per heavy atom. The molecule has 0 aromatic heterocycles. The Morgan fingerprint density at radius 2 is 0.731 bits per heavy atom. The monoisotopic (exact) mass is 674 g/mol. The molecule has 52 heavy (non-hydrogen) atoms. The third-order valence-electron chi connectivity index (χ3n) is 8.78. The number of fused-ring (bicyclic) bond motifs is 4. The maximum atomic E-state index is 6.05. The third-order valence-corrected chi connectivity index (χ3v) is 8.78. The first-order valence-electron chi connectivity index (χ1n) is 16.8. The van der Waals surface area contributed by atoms with Gasteiger partial charge in [0.15, 0.2) is 0 Å². The summed E-state index contributed by atoms with van der Waals surface area (Å²) in [4.78, 5) is 20.1. The van der Waals surface area contributed by atoms with E-state index in [0.29, 0.717) is 34.4 Å². The summed E-state index contributed by atoms with van der Waals surface area (Å²) in [6.45, 7) is 0. The molecule has 4 aromatic rings. The summed E-state index contributed by atoms with van der Waals surface area (Å²) < 4.78 is 12.1. The molecule has 9 rings (SSSR count). The minimum Gasteiger partial charge on any atom is -0.457 e. The van der Waals surface area contributed by atoms with Gasteiger partial charge >= 0.3 is 0 Å². The first-order valence-corrected chi connectivity index (χ1v) is 16.8. The third kappa shape index (κ3) is 6.28. The van der Waals surface area contributed by atoms with Crippen molar-refractivity contribution in [2.75, 3.05) is 11.5 Å². The fourth-order valence-corrected chi connectivity index (χ4v) is 6.27. The second kappa shape index (κ2) is 12.9. The van der Waals surface area contributed by atoms with Crippen molar-refractivity contribution in [2.24, 2.45) is 20.0 Å². The van der Waals surface area contributed by atoms with Gasteiger partial charge in [0.25, 0.3) is 0 Å². The molecule has 0 amide bonds. The van der Waals surface area contributed by atoms with Gasteiger partial charge in [-0.1, -0.05) is 24.3 Å².